The van der Waals surface area contributed by atoms with Crippen molar-refractivity contribution < 1.29 is 38.6 Å². The summed E-state index contributed by atoms with van der Waals surface area (Å²) in [6.07, 6.45) is 4.77. The van der Waals surface area contributed by atoms with E-state index in [0.29, 0.717) is 58.5 Å². The minimum absolute atomic E-state index is 0.0712. The Hall–Kier alpha value is -5.99. The number of benzene rings is 3. The molecule has 14 nitrogen and oxygen atoms in total. The second-order valence-electron chi connectivity index (χ2n) is 20.5. The molecule has 3 N–H and O–H groups in total. The fraction of sp³-hybridized carbons (Fsp3) is 0.500. The first-order chi connectivity index (χ1) is 32.6. The van der Waals surface area contributed by atoms with Crippen LogP contribution in [-0.4, -0.2) is 119 Å². The van der Waals surface area contributed by atoms with E-state index in [1.165, 1.54) is 16.6 Å². The number of aromatic hydroxyl groups is 1. The van der Waals surface area contributed by atoms with Crippen LogP contribution in [0, 0.1) is 22.7 Å². The lowest BCUT2D eigenvalue weighted by molar-refractivity contribution is -0.156. The molecule has 0 aliphatic carbocycles. The summed E-state index contributed by atoms with van der Waals surface area (Å²) in [6.45, 7) is 16.8. The molecule has 6 bridgehead atoms. The van der Waals surface area contributed by atoms with Crippen LogP contribution in [0.3, 0.4) is 0 Å². The monoisotopic (exact) mass is 929 g/mol. The van der Waals surface area contributed by atoms with Crippen LogP contribution < -0.4 is 10.7 Å². The lowest BCUT2D eigenvalue weighted by Gasteiger charge is -2.46. The molecule has 3 fully saturated rings. The SMILES string of the molecule is C=CC(=O)N1CC2(CCN([C@H](C(=O)NCC[C@H]3Cc4cc(O)cc(c4)-c4ccc5c(c4)c(c(-c4ccccc4CCOC)n5CC)CC(C)(C)COC(=O)[C@@H]4CCCN(N4)C3=O)C(C)C)C2=O)C1. The zero-order valence-electron chi connectivity index (χ0n) is 40.6. The number of rotatable bonds is 12. The van der Waals surface area contributed by atoms with E-state index in [9.17, 15) is 29.1 Å². The van der Waals surface area contributed by atoms with Crippen molar-refractivity contribution in [3.05, 3.63) is 90.0 Å². The second kappa shape index (κ2) is 19.9. The van der Waals surface area contributed by atoms with Crippen molar-refractivity contribution in [3.63, 3.8) is 0 Å². The van der Waals surface area contributed by atoms with Gasteiger partial charge in [-0.15, -0.1) is 0 Å². The number of nitrogens with zero attached hydrogens (tertiary/aromatic N) is 4. The van der Waals surface area contributed by atoms with Gasteiger partial charge in [0.15, 0.2) is 0 Å². The number of cyclic esters (lactones) is 1. The van der Waals surface area contributed by atoms with Gasteiger partial charge < -0.3 is 34.3 Å². The number of nitrogens with one attached hydrogen (secondary N) is 2. The number of aryl methyl sites for hydroxylation is 1. The lowest BCUT2D eigenvalue weighted by atomic mass is 9.78. The van der Waals surface area contributed by atoms with E-state index in [1.807, 2.05) is 19.9 Å². The third-order valence-corrected chi connectivity index (χ3v) is 14.5. The maximum absolute atomic E-state index is 14.7. The first kappa shape index (κ1) is 48.5. The quantitative estimate of drug-likeness (QED) is 0.107. The van der Waals surface area contributed by atoms with Crippen molar-refractivity contribution in [1.82, 2.24) is 30.1 Å². The van der Waals surface area contributed by atoms with Crippen molar-refractivity contribution in [2.45, 2.75) is 98.2 Å². The number of ether oxygens (including phenoxy) is 2. The van der Waals surface area contributed by atoms with Gasteiger partial charge in [0.05, 0.1) is 24.3 Å². The summed E-state index contributed by atoms with van der Waals surface area (Å²) in [6, 6.07) is 18.9. The fourth-order valence-electron chi connectivity index (χ4n) is 11.0. The number of fused-ring (bicyclic) bond motifs is 6. The number of methoxy groups -OCH3 is 1. The summed E-state index contributed by atoms with van der Waals surface area (Å²) in [5.41, 5.74) is 10.2. The summed E-state index contributed by atoms with van der Waals surface area (Å²) in [4.78, 5) is 72.0. The molecule has 8 rings (SSSR count). The number of hydrazine groups is 1. The third kappa shape index (κ3) is 9.67. The summed E-state index contributed by atoms with van der Waals surface area (Å²) in [5, 5.41) is 17.0. The van der Waals surface area contributed by atoms with Crippen LogP contribution in [0.4, 0.5) is 0 Å². The maximum atomic E-state index is 14.7. The Balaban J connectivity index is 1.12. The number of phenols is 1. The summed E-state index contributed by atoms with van der Waals surface area (Å²) in [7, 11) is 1.72. The van der Waals surface area contributed by atoms with Crippen molar-refractivity contribution >= 4 is 40.5 Å². The van der Waals surface area contributed by atoms with E-state index in [2.05, 4.69) is 85.1 Å². The Kier molecular flexibility index (Phi) is 14.2. The van der Waals surface area contributed by atoms with Crippen LogP contribution >= 0.6 is 0 Å². The van der Waals surface area contributed by atoms with Gasteiger partial charge in [-0.3, -0.25) is 29.0 Å². The van der Waals surface area contributed by atoms with Gasteiger partial charge in [0.1, 0.15) is 17.8 Å². The number of phenolic OH excluding ortho intramolecular Hbond substituents is 1. The number of hydrogen-bond donors (Lipinski definition) is 3. The number of likely N-dealkylation sites (tertiary alicyclic amines) is 2. The molecule has 4 amide bonds. The standard InChI is InChI=1S/C54H68N6O8/c1-8-46(62)57-31-54(32-57)20-23-59(52(54)66)47(34(3)4)49(63)55-21-18-38-25-35-26-39(28-40(61)27-35)37-16-17-45-42(29-37)43(48(58(45)9-2)41-14-11-10-13-36(41)19-24-67-7)30-53(5,6)33-68-51(65)44-15-12-22-60(56-44)50(38)64/h8,10-11,13-14,16-17,26-29,34,38,44,47,56,61H,1,9,12,15,18-25,30-33H2,2-7H3,(H,55,63)/t38-,44-,47-/m0/s1. The lowest BCUT2D eigenvalue weighted by Crippen LogP contribution is -2.62. The number of amides is 4. The molecule has 4 aliphatic rings. The van der Waals surface area contributed by atoms with Gasteiger partial charge in [-0.1, -0.05) is 70.7 Å². The molecular formula is C54H68N6O8. The molecule has 68 heavy (non-hydrogen) atoms. The first-order valence-electron chi connectivity index (χ1n) is 24.4. The summed E-state index contributed by atoms with van der Waals surface area (Å²) in [5.74, 6) is -2.05. The van der Waals surface area contributed by atoms with E-state index < -0.39 is 34.8 Å². The smallest absolute Gasteiger partial charge is 0.324 e. The summed E-state index contributed by atoms with van der Waals surface area (Å²) < 4.78 is 14.0. The van der Waals surface area contributed by atoms with Gasteiger partial charge in [0.25, 0.3) is 0 Å². The van der Waals surface area contributed by atoms with Gasteiger partial charge in [0, 0.05) is 74.2 Å². The van der Waals surface area contributed by atoms with Crippen molar-refractivity contribution in [1.29, 1.82) is 0 Å². The van der Waals surface area contributed by atoms with Crippen LogP contribution in [0.5, 0.6) is 5.75 Å². The number of carbonyl (C=O) groups is 5. The maximum Gasteiger partial charge on any atom is 0.324 e. The normalized spacial score (nSPS) is 20.9. The molecule has 362 valence electrons. The van der Waals surface area contributed by atoms with Crippen LogP contribution in [0.15, 0.2) is 73.3 Å². The van der Waals surface area contributed by atoms with Crippen molar-refractivity contribution in [2.75, 3.05) is 53.0 Å². The number of hydrogen-bond acceptors (Lipinski definition) is 9. The molecule has 3 aromatic carbocycles. The molecule has 3 atom stereocenters. The minimum atomic E-state index is -0.728. The highest BCUT2D eigenvalue weighted by Crippen LogP contribution is 2.44. The van der Waals surface area contributed by atoms with E-state index >= 15 is 0 Å². The van der Waals surface area contributed by atoms with Crippen LogP contribution in [0.1, 0.15) is 77.0 Å². The van der Waals surface area contributed by atoms with Crippen LogP contribution in [0.2, 0.25) is 0 Å². The molecule has 0 saturated carbocycles. The average Bonchev–Trinajstić information content (AvgIpc) is 3.81. The molecule has 4 aromatic rings. The van der Waals surface area contributed by atoms with Gasteiger partial charge in [-0.05, 0) is 116 Å². The van der Waals surface area contributed by atoms with Crippen molar-refractivity contribution in [2.24, 2.45) is 22.7 Å². The first-order valence-corrected chi connectivity index (χ1v) is 24.4. The third-order valence-electron chi connectivity index (χ3n) is 14.5. The van der Waals surface area contributed by atoms with Crippen LogP contribution in [-0.2, 0) is 59.3 Å². The van der Waals surface area contributed by atoms with E-state index in [0.717, 1.165) is 57.4 Å². The Morgan fingerprint density at radius 2 is 1.82 bits per heavy atom. The Labute approximate surface area is 400 Å². The fourth-order valence-corrected chi connectivity index (χ4v) is 11.0. The van der Waals surface area contributed by atoms with Crippen molar-refractivity contribution in [3.8, 4) is 28.1 Å². The molecule has 3 saturated heterocycles. The largest absolute Gasteiger partial charge is 0.508 e. The zero-order chi connectivity index (χ0) is 48.5. The Morgan fingerprint density at radius 3 is 2.56 bits per heavy atom. The Morgan fingerprint density at radius 1 is 1.04 bits per heavy atom. The highest BCUT2D eigenvalue weighted by Gasteiger charge is 2.57. The molecule has 0 unspecified atom stereocenters. The molecule has 1 spiro atoms. The number of esters is 1. The van der Waals surface area contributed by atoms with E-state index in [1.54, 1.807) is 29.0 Å². The molecule has 1 aromatic heterocycles. The highest BCUT2D eigenvalue weighted by molar-refractivity contribution is 5.97. The second-order valence-corrected chi connectivity index (χ2v) is 20.5. The molecule has 0 radical (unpaired) electrons. The predicted octanol–water partition coefficient (Wildman–Crippen LogP) is 6.45. The predicted molar refractivity (Wildman–Crippen MR) is 261 cm³/mol. The van der Waals surface area contributed by atoms with Gasteiger partial charge in [0.2, 0.25) is 23.6 Å². The molecule has 14 heteroatoms. The molecule has 4 aliphatic heterocycles. The topological polar surface area (TPSA) is 163 Å². The van der Waals surface area contributed by atoms with E-state index in [4.69, 9.17) is 9.47 Å². The van der Waals surface area contributed by atoms with Gasteiger partial charge in [-0.2, -0.15) is 0 Å². The number of aromatic nitrogens is 1. The highest BCUT2D eigenvalue weighted by atomic mass is 16.5. The summed E-state index contributed by atoms with van der Waals surface area (Å²) >= 11 is 0. The molecular weight excluding hydrogens is 861 g/mol. The van der Waals surface area contributed by atoms with E-state index in [-0.39, 0.29) is 61.3 Å². The van der Waals surface area contributed by atoms with Crippen LogP contribution in [0.25, 0.3) is 33.3 Å². The Bertz CT molecular complexity index is 2590. The van der Waals surface area contributed by atoms with Gasteiger partial charge >= 0.3 is 5.97 Å². The minimum Gasteiger partial charge on any atom is -0.508 e. The zero-order valence-corrected chi connectivity index (χ0v) is 40.6. The molecule has 5 heterocycles. The number of carbonyl (C=O) groups excluding carboxylic acids is 5. The van der Waals surface area contributed by atoms with Gasteiger partial charge in [-0.25, -0.2) is 5.43 Å². The average molecular weight is 929 g/mol.